The first kappa shape index (κ1) is 7.68. The molecule has 1 aliphatic heterocycles. The molecule has 3 heteroatoms. The standard InChI is InChI=1S/C9H13NO2/c1-10-5-7-2-3-8-9(4-7)12-6-11-8/h4,10H,2-3,5-6H2,1H3. The van der Waals surface area contributed by atoms with E-state index in [1.54, 1.807) is 0 Å². The van der Waals surface area contributed by atoms with Crippen LogP contribution in [-0.4, -0.2) is 20.4 Å². The van der Waals surface area contributed by atoms with E-state index >= 15 is 0 Å². The maximum Gasteiger partial charge on any atom is 0.230 e. The molecule has 0 aromatic heterocycles. The van der Waals surface area contributed by atoms with E-state index in [2.05, 4.69) is 11.4 Å². The summed E-state index contributed by atoms with van der Waals surface area (Å²) in [6.45, 7) is 1.34. The van der Waals surface area contributed by atoms with Crippen molar-refractivity contribution >= 4 is 0 Å². The highest BCUT2D eigenvalue weighted by Crippen LogP contribution is 2.29. The Bertz CT molecular complexity index is 243. The summed E-state index contributed by atoms with van der Waals surface area (Å²) in [5.74, 6) is 1.96. The van der Waals surface area contributed by atoms with Crippen LogP contribution in [-0.2, 0) is 9.47 Å². The SMILES string of the molecule is CNCC1=CC2=C(CC1)OCO2. The van der Waals surface area contributed by atoms with Gasteiger partial charge < -0.3 is 14.8 Å². The zero-order valence-corrected chi connectivity index (χ0v) is 7.22. The van der Waals surface area contributed by atoms with Crippen molar-refractivity contribution in [1.29, 1.82) is 0 Å². The van der Waals surface area contributed by atoms with E-state index in [0.717, 1.165) is 30.9 Å². The third-order valence-corrected chi connectivity index (χ3v) is 2.13. The lowest BCUT2D eigenvalue weighted by Crippen LogP contribution is -2.12. The molecule has 0 radical (unpaired) electrons. The summed E-state index contributed by atoms with van der Waals surface area (Å²) in [4.78, 5) is 0. The van der Waals surface area contributed by atoms with Gasteiger partial charge in [0.15, 0.2) is 5.76 Å². The van der Waals surface area contributed by atoms with Crippen molar-refractivity contribution in [3.05, 3.63) is 23.2 Å². The van der Waals surface area contributed by atoms with Crippen molar-refractivity contribution in [3.63, 3.8) is 0 Å². The van der Waals surface area contributed by atoms with Crippen molar-refractivity contribution in [1.82, 2.24) is 5.32 Å². The van der Waals surface area contributed by atoms with Gasteiger partial charge in [0.1, 0.15) is 5.76 Å². The van der Waals surface area contributed by atoms with Gasteiger partial charge in [0, 0.05) is 13.0 Å². The van der Waals surface area contributed by atoms with E-state index in [0.29, 0.717) is 6.79 Å². The third-order valence-electron chi connectivity index (χ3n) is 2.13. The van der Waals surface area contributed by atoms with E-state index in [4.69, 9.17) is 9.47 Å². The Morgan fingerprint density at radius 2 is 2.33 bits per heavy atom. The number of nitrogens with one attached hydrogen (secondary N) is 1. The molecule has 0 spiro atoms. The Labute approximate surface area is 72.0 Å². The molecule has 0 saturated carbocycles. The van der Waals surface area contributed by atoms with Gasteiger partial charge in [0.25, 0.3) is 0 Å². The second-order valence-corrected chi connectivity index (χ2v) is 3.03. The van der Waals surface area contributed by atoms with Crippen LogP contribution in [0.5, 0.6) is 0 Å². The van der Waals surface area contributed by atoms with Crippen LogP contribution in [0.3, 0.4) is 0 Å². The predicted molar refractivity (Wildman–Crippen MR) is 45.3 cm³/mol. The van der Waals surface area contributed by atoms with Gasteiger partial charge in [-0.2, -0.15) is 0 Å². The molecule has 0 fully saturated rings. The summed E-state index contributed by atoms with van der Waals surface area (Å²) in [5, 5.41) is 3.13. The minimum atomic E-state index is 0.397. The molecule has 1 aliphatic carbocycles. The second kappa shape index (κ2) is 3.19. The molecule has 2 rings (SSSR count). The minimum absolute atomic E-state index is 0.397. The molecule has 0 amide bonds. The highest BCUT2D eigenvalue weighted by Gasteiger charge is 2.20. The molecule has 3 nitrogen and oxygen atoms in total. The smallest absolute Gasteiger partial charge is 0.230 e. The Morgan fingerprint density at radius 1 is 1.42 bits per heavy atom. The average Bonchev–Trinajstić information content (AvgIpc) is 2.51. The molecular formula is C9H13NO2. The van der Waals surface area contributed by atoms with E-state index in [1.807, 2.05) is 7.05 Å². The lowest BCUT2D eigenvalue weighted by atomic mass is 10.0. The summed E-state index contributed by atoms with van der Waals surface area (Å²) in [5.41, 5.74) is 1.39. The maximum atomic E-state index is 5.29. The van der Waals surface area contributed by atoms with Gasteiger partial charge in [-0.3, -0.25) is 0 Å². The number of ether oxygens (including phenoxy) is 2. The van der Waals surface area contributed by atoms with E-state index in [-0.39, 0.29) is 0 Å². The molecule has 1 heterocycles. The lowest BCUT2D eigenvalue weighted by molar-refractivity contribution is 0.0729. The first-order valence-electron chi connectivity index (χ1n) is 4.23. The lowest BCUT2D eigenvalue weighted by Gasteiger charge is -2.11. The van der Waals surface area contributed by atoms with Crippen LogP contribution in [0.2, 0.25) is 0 Å². The predicted octanol–water partition coefficient (Wildman–Crippen LogP) is 1.14. The summed E-state index contributed by atoms with van der Waals surface area (Å²) < 4.78 is 10.6. The number of hydrogen-bond acceptors (Lipinski definition) is 3. The van der Waals surface area contributed by atoms with Crippen molar-refractivity contribution in [2.45, 2.75) is 12.8 Å². The van der Waals surface area contributed by atoms with Crippen LogP contribution in [0, 0.1) is 0 Å². The molecule has 66 valence electrons. The number of hydrogen-bond donors (Lipinski definition) is 1. The molecule has 0 bridgehead atoms. The van der Waals surface area contributed by atoms with Gasteiger partial charge in [-0.05, 0) is 19.5 Å². The van der Waals surface area contributed by atoms with Crippen LogP contribution in [0.1, 0.15) is 12.8 Å². The fourth-order valence-corrected chi connectivity index (χ4v) is 1.53. The molecule has 0 atom stereocenters. The first-order valence-corrected chi connectivity index (χ1v) is 4.23. The first-order chi connectivity index (χ1) is 5.90. The molecule has 12 heavy (non-hydrogen) atoms. The van der Waals surface area contributed by atoms with Crippen LogP contribution in [0.15, 0.2) is 23.2 Å². The fraction of sp³-hybridized carbons (Fsp3) is 0.556. The zero-order valence-electron chi connectivity index (χ0n) is 7.22. The maximum absolute atomic E-state index is 5.29. The normalized spacial score (nSPS) is 21.2. The minimum Gasteiger partial charge on any atom is -0.458 e. The van der Waals surface area contributed by atoms with Gasteiger partial charge >= 0.3 is 0 Å². The second-order valence-electron chi connectivity index (χ2n) is 3.03. The molecule has 0 aromatic rings. The summed E-state index contributed by atoms with van der Waals surface area (Å²) in [6.07, 6.45) is 4.16. The average molecular weight is 167 g/mol. The highest BCUT2D eigenvalue weighted by molar-refractivity contribution is 5.28. The van der Waals surface area contributed by atoms with Crippen molar-refractivity contribution in [3.8, 4) is 0 Å². The van der Waals surface area contributed by atoms with Crippen molar-refractivity contribution in [2.75, 3.05) is 20.4 Å². The number of likely N-dealkylation sites (N-methyl/N-ethyl adjacent to an activating group) is 1. The van der Waals surface area contributed by atoms with Crippen LogP contribution >= 0.6 is 0 Å². The highest BCUT2D eigenvalue weighted by atomic mass is 16.7. The Balaban J connectivity index is 2.10. The van der Waals surface area contributed by atoms with Gasteiger partial charge in [0.05, 0.1) is 0 Å². The molecule has 0 saturated heterocycles. The van der Waals surface area contributed by atoms with E-state index in [1.165, 1.54) is 5.57 Å². The number of rotatable bonds is 2. The van der Waals surface area contributed by atoms with E-state index < -0.39 is 0 Å². The van der Waals surface area contributed by atoms with Crippen LogP contribution in [0.4, 0.5) is 0 Å². The van der Waals surface area contributed by atoms with E-state index in [9.17, 15) is 0 Å². The zero-order chi connectivity index (χ0) is 8.39. The Morgan fingerprint density at radius 3 is 3.17 bits per heavy atom. The summed E-state index contributed by atoms with van der Waals surface area (Å²) >= 11 is 0. The topological polar surface area (TPSA) is 30.5 Å². The summed E-state index contributed by atoms with van der Waals surface area (Å²) in [7, 11) is 1.96. The van der Waals surface area contributed by atoms with Crippen molar-refractivity contribution in [2.24, 2.45) is 0 Å². The van der Waals surface area contributed by atoms with Gasteiger partial charge in [-0.15, -0.1) is 0 Å². The summed E-state index contributed by atoms with van der Waals surface area (Å²) in [6, 6.07) is 0. The molecule has 1 N–H and O–H groups in total. The van der Waals surface area contributed by atoms with Crippen molar-refractivity contribution < 1.29 is 9.47 Å². The monoisotopic (exact) mass is 167 g/mol. The molecule has 2 aliphatic rings. The largest absolute Gasteiger partial charge is 0.458 e. The van der Waals surface area contributed by atoms with Crippen LogP contribution < -0.4 is 5.32 Å². The van der Waals surface area contributed by atoms with Gasteiger partial charge in [-0.1, -0.05) is 5.57 Å². The quantitative estimate of drug-likeness (QED) is 0.669. The Kier molecular flexibility index (Phi) is 2.04. The number of allylic oxidation sites excluding steroid dienone is 2. The Hall–Kier alpha value is -0.960. The molecular weight excluding hydrogens is 154 g/mol. The third kappa shape index (κ3) is 1.32. The molecule has 0 unspecified atom stereocenters. The fourth-order valence-electron chi connectivity index (χ4n) is 1.53. The molecule has 0 aromatic carbocycles. The van der Waals surface area contributed by atoms with Gasteiger partial charge in [-0.25, -0.2) is 0 Å². The van der Waals surface area contributed by atoms with Gasteiger partial charge in [0.2, 0.25) is 6.79 Å². The van der Waals surface area contributed by atoms with Crippen LogP contribution in [0.25, 0.3) is 0 Å².